The molecule has 0 unspecified atom stereocenters. The van der Waals surface area contributed by atoms with E-state index in [2.05, 4.69) is 10.2 Å². The van der Waals surface area contributed by atoms with Gasteiger partial charge in [0.15, 0.2) is 0 Å². The van der Waals surface area contributed by atoms with E-state index in [1.807, 2.05) is 31.4 Å². The van der Waals surface area contributed by atoms with E-state index in [1.165, 1.54) is 12.1 Å². The van der Waals surface area contributed by atoms with E-state index >= 15 is 0 Å². The number of esters is 1. The van der Waals surface area contributed by atoms with Gasteiger partial charge in [0.1, 0.15) is 11.5 Å². The number of amides is 1. The van der Waals surface area contributed by atoms with Crippen LogP contribution < -0.4 is 10.2 Å². The van der Waals surface area contributed by atoms with Crippen molar-refractivity contribution in [3.63, 3.8) is 0 Å². The molecule has 6 nitrogen and oxygen atoms in total. The molecule has 1 aliphatic heterocycles. The summed E-state index contributed by atoms with van der Waals surface area (Å²) in [7, 11) is 0. The third kappa shape index (κ3) is 4.65. The number of ether oxygens (including phenoxy) is 1. The number of benzene rings is 1. The summed E-state index contributed by atoms with van der Waals surface area (Å²) in [5.74, 6) is -1.34. The van der Waals surface area contributed by atoms with Gasteiger partial charge >= 0.3 is 5.97 Å². The molecule has 1 amide bonds. The average molecular weight is 428 g/mol. The summed E-state index contributed by atoms with van der Waals surface area (Å²) in [5.41, 5.74) is 3.63. The maximum absolute atomic E-state index is 14.5. The van der Waals surface area contributed by atoms with Crippen molar-refractivity contribution in [2.75, 3.05) is 29.9 Å². The third-order valence-corrected chi connectivity index (χ3v) is 5.71. The Hall–Kier alpha value is -3.09. The summed E-state index contributed by atoms with van der Waals surface area (Å²) in [5, 5.41) is 2.69. The number of anilines is 2. The number of carbonyl (C=O) groups excluding carboxylic acids is 2. The fourth-order valence-corrected chi connectivity index (χ4v) is 4.23. The van der Waals surface area contributed by atoms with Gasteiger partial charge in [-0.1, -0.05) is 6.07 Å². The predicted molar refractivity (Wildman–Crippen MR) is 121 cm³/mol. The molecule has 0 spiro atoms. The molecule has 7 heteroatoms. The predicted octanol–water partition coefficient (Wildman–Crippen LogP) is 4.69. The van der Waals surface area contributed by atoms with Gasteiger partial charge in [0.2, 0.25) is 5.91 Å². The standard InChI is InChI=1S/C24H30FN3O3/c1-5-28-16(3)18(22(17(28)4)24(30)31-6-2)12-13-21(29)26-23-19(25)10-9-11-20(23)27-14-7-8-15-27/h9-13H,5-8,14-15H2,1-4H3,(H,26,29)/b13-12+. The zero-order valence-electron chi connectivity index (χ0n) is 18.6. The van der Waals surface area contributed by atoms with Crippen LogP contribution >= 0.6 is 0 Å². The Labute approximate surface area is 182 Å². The quantitative estimate of drug-likeness (QED) is 0.514. The number of nitrogens with zero attached hydrogens (tertiary/aromatic N) is 2. The van der Waals surface area contributed by atoms with E-state index in [9.17, 15) is 14.0 Å². The lowest BCUT2D eigenvalue weighted by molar-refractivity contribution is -0.111. The summed E-state index contributed by atoms with van der Waals surface area (Å²) < 4.78 is 21.7. The van der Waals surface area contributed by atoms with Gasteiger partial charge in [0.25, 0.3) is 0 Å². The molecule has 1 saturated heterocycles. The van der Waals surface area contributed by atoms with Gasteiger partial charge in [-0.3, -0.25) is 4.79 Å². The average Bonchev–Trinajstić information content (AvgIpc) is 3.34. The fourth-order valence-electron chi connectivity index (χ4n) is 4.23. The van der Waals surface area contributed by atoms with Crippen molar-refractivity contribution in [2.24, 2.45) is 0 Å². The molecular weight excluding hydrogens is 397 g/mol. The van der Waals surface area contributed by atoms with E-state index in [0.29, 0.717) is 23.4 Å². The second-order valence-corrected chi connectivity index (χ2v) is 7.57. The summed E-state index contributed by atoms with van der Waals surface area (Å²) in [6.07, 6.45) is 5.04. The van der Waals surface area contributed by atoms with Crippen LogP contribution in [0.1, 0.15) is 54.0 Å². The summed E-state index contributed by atoms with van der Waals surface area (Å²) in [6, 6.07) is 4.81. The molecule has 1 fully saturated rings. The highest BCUT2D eigenvalue weighted by molar-refractivity contribution is 6.05. The highest BCUT2D eigenvalue weighted by atomic mass is 19.1. The van der Waals surface area contributed by atoms with Gasteiger partial charge in [-0.25, -0.2) is 9.18 Å². The molecule has 1 aromatic carbocycles. The molecule has 166 valence electrons. The molecule has 2 heterocycles. The number of hydrogen-bond donors (Lipinski definition) is 1. The van der Waals surface area contributed by atoms with Crippen LogP contribution in [0.15, 0.2) is 24.3 Å². The van der Waals surface area contributed by atoms with Crippen LogP contribution in [0, 0.1) is 19.7 Å². The van der Waals surface area contributed by atoms with E-state index < -0.39 is 17.7 Å². The second-order valence-electron chi connectivity index (χ2n) is 7.57. The van der Waals surface area contributed by atoms with Gasteiger partial charge in [-0.05, 0) is 58.7 Å². The van der Waals surface area contributed by atoms with Gasteiger partial charge in [-0.15, -0.1) is 0 Å². The molecule has 31 heavy (non-hydrogen) atoms. The van der Waals surface area contributed by atoms with Crippen molar-refractivity contribution >= 4 is 29.3 Å². The normalized spacial score (nSPS) is 13.8. The van der Waals surface area contributed by atoms with Crippen LogP contribution in [0.3, 0.4) is 0 Å². The highest BCUT2D eigenvalue weighted by Gasteiger charge is 2.23. The monoisotopic (exact) mass is 427 g/mol. The fraction of sp³-hybridized carbons (Fsp3) is 0.417. The minimum atomic E-state index is -0.470. The lowest BCUT2D eigenvalue weighted by atomic mass is 10.1. The summed E-state index contributed by atoms with van der Waals surface area (Å²) in [4.78, 5) is 27.3. The van der Waals surface area contributed by atoms with Crippen LogP contribution in [0.4, 0.5) is 15.8 Å². The van der Waals surface area contributed by atoms with Crippen molar-refractivity contribution < 1.29 is 18.7 Å². The van der Waals surface area contributed by atoms with E-state index in [-0.39, 0.29) is 12.3 Å². The third-order valence-electron chi connectivity index (χ3n) is 5.71. The number of carbonyl (C=O) groups is 2. The Kier molecular flexibility index (Phi) is 7.15. The lowest BCUT2D eigenvalue weighted by Gasteiger charge is -2.21. The Morgan fingerprint density at radius 3 is 2.52 bits per heavy atom. The first kappa shape index (κ1) is 22.6. The van der Waals surface area contributed by atoms with Crippen LogP contribution in [0.25, 0.3) is 6.08 Å². The van der Waals surface area contributed by atoms with Gasteiger partial charge in [0.05, 0.1) is 17.9 Å². The molecule has 0 radical (unpaired) electrons. The maximum atomic E-state index is 14.5. The first-order chi connectivity index (χ1) is 14.9. The van der Waals surface area contributed by atoms with Crippen molar-refractivity contribution in [3.8, 4) is 0 Å². The Bertz CT molecular complexity index is 1000. The van der Waals surface area contributed by atoms with Crippen LogP contribution in [-0.4, -0.2) is 36.1 Å². The second kappa shape index (κ2) is 9.81. The number of nitrogens with one attached hydrogen (secondary N) is 1. The number of aromatic nitrogens is 1. The molecular formula is C24H30FN3O3. The maximum Gasteiger partial charge on any atom is 0.340 e. The van der Waals surface area contributed by atoms with Crippen molar-refractivity contribution in [2.45, 2.75) is 47.1 Å². The molecule has 1 N–H and O–H groups in total. The first-order valence-corrected chi connectivity index (χ1v) is 10.8. The number of halogens is 1. The van der Waals surface area contributed by atoms with E-state index in [0.717, 1.165) is 37.3 Å². The number of rotatable bonds is 7. The van der Waals surface area contributed by atoms with Crippen molar-refractivity contribution in [1.29, 1.82) is 0 Å². The topological polar surface area (TPSA) is 63.6 Å². The van der Waals surface area contributed by atoms with Crippen LogP contribution in [0.5, 0.6) is 0 Å². The molecule has 1 aromatic heterocycles. The van der Waals surface area contributed by atoms with Crippen molar-refractivity contribution in [1.82, 2.24) is 4.57 Å². The van der Waals surface area contributed by atoms with Crippen LogP contribution in [0.2, 0.25) is 0 Å². The van der Waals surface area contributed by atoms with E-state index in [1.54, 1.807) is 19.1 Å². The zero-order chi connectivity index (χ0) is 22.5. The number of para-hydroxylation sites is 1. The smallest absolute Gasteiger partial charge is 0.340 e. The minimum Gasteiger partial charge on any atom is -0.462 e. The van der Waals surface area contributed by atoms with E-state index in [4.69, 9.17) is 4.74 Å². The SMILES string of the molecule is CCOC(=O)c1c(/C=C/C(=O)Nc2c(F)cccc2N2CCCC2)c(C)n(CC)c1C. The first-order valence-electron chi connectivity index (χ1n) is 10.8. The zero-order valence-corrected chi connectivity index (χ0v) is 18.6. The van der Waals surface area contributed by atoms with Gasteiger partial charge < -0.3 is 19.5 Å². The Morgan fingerprint density at radius 1 is 1.16 bits per heavy atom. The Morgan fingerprint density at radius 2 is 1.87 bits per heavy atom. The molecule has 0 atom stereocenters. The van der Waals surface area contributed by atoms with Gasteiger partial charge in [-0.2, -0.15) is 0 Å². The largest absolute Gasteiger partial charge is 0.462 e. The van der Waals surface area contributed by atoms with Gasteiger partial charge in [0, 0.05) is 42.7 Å². The minimum absolute atomic E-state index is 0.184. The molecule has 3 rings (SSSR count). The molecule has 1 aliphatic rings. The molecule has 2 aromatic rings. The molecule has 0 saturated carbocycles. The molecule has 0 bridgehead atoms. The Balaban J connectivity index is 1.88. The summed E-state index contributed by atoms with van der Waals surface area (Å²) in [6.45, 7) is 10.2. The number of hydrogen-bond acceptors (Lipinski definition) is 4. The molecule has 0 aliphatic carbocycles. The van der Waals surface area contributed by atoms with Crippen LogP contribution in [-0.2, 0) is 16.1 Å². The highest BCUT2D eigenvalue weighted by Crippen LogP contribution is 2.31. The lowest BCUT2D eigenvalue weighted by Crippen LogP contribution is -2.21. The van der Waals surface area contributed by atoms with Crippen molar-refractivity contribution in [3.05, 3.63) is 52.6 Å². The summed E-state index contributed by atoms with van der Waals surface area (Å²) >= 11 is 0.